The van der Waals surface area contributed by atoms with Crippen LogP contribution in [0.1, 0.15) is 32.6 Å². The summed E-state index contributed by atoms with van der Waals surface area (Å²) in [5, 5.41) is 3.30. The summed E-state index contributed by atoms with van der Waals surface area (Å²) in [6, 6.07) is 0.557. The fraction of sp³-hybridized carbons (Fsp3) is 1.00. The zero-order valence-corrected chi connectivity index (χ0v) is 9.42. The molecule has 0 heterocycles. The highest BCUT2D eigenvalue weighted by molar-refractivity contribution is 4.82. The SMILES string of the molecule is CCCOCCOC1CCCC1NC. The lowest BCUT2D eigenvalue weighted by Crippen LogP contribution is -2.35. The van der Waals surface area contributed by atoms with Crippen LogP contribution in [0.25, 0.3) is 0 Å². The fourth-order valence-electron chi connectivity index (χ4n) is 1.96. The highest BCUT2D eigenvalue weighted by Gasteiger charge is 2.25. The van der Waals surface area contributed by atoms with Gasteiger partial charge in [-0.3, -0.25) is 0 Å². The average Bonchev–Trinajstić information content (AvgIpc) is 2.65. The minimum atomic E-state index is 0.408. The molecule has 0 radical (unpaired) electrons. The normalized spacial score (nSPS) is 27.0. The summed E-state index contributed by atoms with van der Waals surface area (Å²) in [5.41, 5.74) is 0. The molecule has 1 rings (SSSR count). The second kappa shape index (κ2) is 7.21. The van der Waals surface area contributed by atoms with Crippen molar-refractivity contribution in [1.29, 1.82) is 0 Å². The molecule has 3 nitrogen and oxygen atoms in total. The van der Waals surface area contributed by atoms with E-state index in [1.54, 1.807) is 0 Å². The Hall–Kier alpha value is -0.120. The quantitative estimate of drug-likeness (QED) is 0.634. The zero-order chi connectivity index (χ0) is 10.2. The summed E-state index contributed by atoms with van der Waals surface area (Å²) in [7, 11) is 2.01. The van der Waals surface area contributed by atoms with E-state index in [9.17, 15) is 0 Å². The molecule has 0 bridgehead atoms. The van der Waals surface area contributed by atoms with Gasteiger partial charge >= 0.3 is 0 Å². The summed E-state index contributed by atoms with van der Waals surface area (Å²) in [5.74, 6) is 0. The molecule has 1 N–H and O–H groups in total. The Morgan fingerprint density at radius 2 is 2.07 bits per heavy atom. The van der Waals surface area contributed by atoms with Gasteiger partial charge in [0.1, 0.15) is 0 Å². The molecular weight excluding hydrogens is 178 g/mol. The van der Waals surface area contributed by atoms with Gasteiger partial charge in [0.25, 0.3) is 0 Å². The number of hydrogen-bond acceptors (Lipinski definition) is 3. The molecule has 2 unspecified atom stereocenters. The number of nitrogens with one attached hydrogen (secondary N) is 1. The van der Waals surface area contributed by atoms with Gasteiger partial charge in [0.15, 0.2) is 0 Å². The first kappa shape index (κ1) is 12.0. The van der Waals surface area contributed by atoms with Crippen molar-refractivity contribution in [1.82, 2.24) is 5.32 Å². The van der Waals surface area contributed by atoms with Crippen LogP contribution in [0.4, 0.5) is 0 Å². The van der Waals surface area contributed by atoms with Crippen molar-refractivity contribution < 1.29 is 9.47 Å². The van der Waals surface area contributed by atoms with Crippen molar-refractivity contribution in [2.45, 2.75) is 44.8 Å². The minimum absolute atomic E-state index is 0.408. The molecule has 0 aliphatic heterocycles. The van der Waals surface area contributed by atoms with Gasteiger partial charge in [0.2, 0.25) is 0 Å². The molecule has 2 atom stereocenters. The van der Waals surface area contributed by atoms with Crippen LogP contribution < -0.4 is 5.32 Å². The topological polar surface area (TPSA) is 30.5 Å². The molecule has 1 fully saturated rings. The lowest BCUT2D eigenvalue weighted by molar-refractivity contribution is -0.00170. The van der Waals surface area contributed by atoms with Crippen LogP contribution in [-0.4, -0.2) is 39.0 Å². The maximum absolute atomic E-state index is 5.77. The van der Waals surface area contributed by atoms with E-state index in [4.69, 9.17) is 9.47 Å². The van der Waals surface area contributed by atoms with Crippen LogP contribution in [-0.2, 0) is 9.47 Å². The highest BCUT2D eigenvalue weighted by Crippen LogP contribution is 2.21. The molecule has 1 saturated carbocycles. The summed E-state index contributed by atoms with van der Waals surface area (Å²) in [6.07, 6.45) is 5.22. The van der Waals surface area contributed by atoms with Crippen LogP contribution in [0, 0.1) is 0 Å². The minimum Gasteiger partial charge on any atom is -0.379 e. The Morgan fingerprint density at radius 1 is 1.21 bits per heavy atom. The molecule has 1 aliphatic carbocycles. The Bertz CT molecular complexity index is 141. The van der Waals surface area contributed by atoms with Crippen molar-refractivity contribution in [3.05, 3.63) is 0 Å². The monoisotopic (exact) mass is 201 g/mol. The van der Waals surface area contributed by atoms with Crippen molar-refractivity contribution >= 4 is 0 Å². The van der Waals surface area contributed by atoms with Gasteiger partial charge in [0, 0.05) is 12.6 Å². The first-order valence-electron chi connectivity index (χ1n) is 5.75. The Balaban J connectivity index is 2.00. The molecule has 1 aliphatic rings. The van der Waals surface area contributed by atoms with Gasteiger partial charge in [-0.2, -0.15) is 0 Å². The van der Waals surface area contributed by atoms with Gasteiger partial charge in [-0.25, -0.2) is 0 Å². The van der Waals surface area contributed by atoms with Crippen molar-refractivity contribution in [2.75, 3.05) is 26.9 Å². The molecule has 0 aromatic rings. The molecule has 0 aromatic heterocycles. The van der Waals surface area contributed by atoms with Gasteiger partial charge in [-0.15, -0.1) is 0 Å². The summed E-state index contributed by atoms with van der Waals surface area (Å²) < 4.78 is 11.1. The van der Waals surface area contributed by atoms with E-state index in [0.29, 0.717) is 12.1 Å². The van der Waals surface area contributed by atoms with E-state index in [1.807, 2.05) is 7.05 Å². The van der Waals surface area contributed by atoms with Crippen LogP contribution >= 0.6 is 0 Å². The van der Waals surface area contributed by atoms with Crippen molar-refractivity contribution in [3.8, 4) is 0 Å². The zero-order valence-electron chi connectivity index (χ0n) is 9.42. The third-order valence-electron chi connectivity index (χ3n) is 2.73. The summed E-state index contributed by atoms with van der Waals surface area (Å²) in [6.45, 7) is 4.45. The molecule has 14 heavy (non-hydrogen) atoms. The number of hydrogen-bond donors (Lipinski definition) is 1. The number of rotatable bonds is 7. The standard InChI is InChI=1S/C11H23NO2/c1-3-7-13-8-9-14-11-6-4-5-10(11)12-2/h10-12H,3-9H2,1-2H3. The van der Waals surface area contributed by atoms with Gasteiger partial charge in [0.05, 0.1) is 19.3 Å². The predicted octanol–water partition coefficient (Wildman–Crippen LogP) is 1.57. The molecular formula is C11H23NO2. The molecule has 0 aromatic carbocycles. The van der Waals surface area contributed by atoms with Crippen LogP contribution in [0.3, 0.4) is 0 Å². The summed E-state index contributed by atoms with van der Waals surface area (Å²) >= 11 is 0. The smallest absolute Gasteiger partial charge is 0.0729 e. The first-order chi connectivity index (χ1) is 6.88. The van der Waals surface area contributed by atoms with Crippen LogP contribution in [0.5, 0.6) is 0 Å². The Labute approximate surface area is 87.2 Å². The molecule has 0 spiro atoms. The number of likely N-dealkylation sites (N-methyl/N-ethyl adjacent to an activating group) is 1. The maximum Gasteiger partial charge on any atom is 0.0729 e. The Kier molecular flexibility index (Phi) is 6.15. The molecule has 0 saturated heterocycles. The highest BCUT2D eigenvalue weighted by atomic mass is 16.5. The van der Waals surface area contributed by atoms with Crippen LogP contribution in [0.15, 0.2) is 0 Å². The Morgan fingerprint density at radius 3 is 2.79 bits per heavy atom. The van der Waals surface area contributed by atoms with E-state index in [-0.39, 0.29) is 0 Å². The third-order valence-corrected chi connectivity index (χ3v) is 2.73. The number of ether oxygens (including phenoxy) is 2. The maximum atomic E-state index is 5.77. The van der Waals surface area contributed by atoms with E-state index in [0.717, 1.165) is 26.2 Å². The van der Waals surface area contributed by atoms with E-state index >= 15 is 0 Å². The van der Waals surface area contributed by atoms with E-state index in [2.05, 4.69) is 12.2 Å². The van der Waals surface area contributed by atoms with Gasteiger partial charge < -0.3 is 14.8 Å². The lowest BCUT2D eigenvalue weighted by Gasteiger charge is -2.19. The largest absolute Gasteiger partial charge is 0.379 e. The third kappa shape index (κ3) is 3.95. The van der Waals surface area contributed by atoms with Crippen LogP contribution in [0.2, 0.25) is 0 Å². The average molecular weight is 201 g/mol. The lowest BCUT2D eigenvalue weighted by atomic mass is 10.2. The summed E-state index contributed by atoms with van der Waals surface area (Å²) in [4.78, 5) is 0. The predicted molar refractivity (Wildman–Crippen MR) is 57.5 cm³/mol. The molecule has 0 amide bonds. The second-order valence-electron chi connectivity index (χ2n) is 3.85. The van der Waals surface area contributed by atoms with Crippen molar-refractivity contribution in [3.63, 3.8) is 0 Å². The van der Waals surface area contributed by atoms with Crippen molar-refractivity contribution in [2.24, 2.45) is 0 Å². The van der Waals surface area contributed by atoms with Gasteiger partial charge in [-0.05, 0) is 32.7 Å². The molecule has 84 valence electrons. The van der Waals surface area contributed by atoms with E-state index < -0.39 is 0 Å². The second-order valence-corrected chi connectivity index (χ2v) is 3.85. The van der Waals surface area contributed by atoms with Gasteiger partial charge in [-0.1, -0.05) is 6.92 Å². The fourth-order valence-corrected chi connectivity index (χ4v) is 1.96. The first-order valence-corrected chi connectivity index (χ1v) is 5.75. The molecule has 3 heteroatoms. The van der Waals surface area contributed by atoms with E-state index in [1.165, 1.54) is 19.3 Å².